The normalized spacial score (nSPS) is 18.9. The maximum Gasteiger partial charge on any atom is 0.323 e. The molecule has 0 aromatic carbocycles. The largest absolute Gasteiger partial charge is 0.354 e. The van der Waals surface area contributed by atoms with Crippen LogP contribution in [-0.4, -0.2) is 71.1 Å². The van der Waals surface area contributed by atoms with Crippen LogP contribution in [-0.2, 0) is 0 Å². The van der Waals surface area contributed by atoms with Gasteiger partial charge in [-0.15, -0.1) is 11.3 Å². The molecule has 1 N–H and O–H groups in total. The molecule has 7 nitrogen and oxygen atoms in total. The Kier molecular flexibility index (Phi) is 4.54. The molecule has 0 unspecified atom stereocenters. The summed E-state index contributed by atoms with van der Waals surface area (Å²) in [5, 5.41) is 3.55. The maximum atomic E-state index is 12.2. The minimum atomic E-state index is -0.0438. The second-order valence-electron chi connectivity index (χ2n) is 6.48. The molecule has 2 aliphatic heterocycles. The molecular formula is C17H22N6OS. The first-order valence-corrected chi connectivity index (χ1v) is 9.39. The van der Waals surface area contributed by atoms with Crippen LogP contribution in [0, 0.1) is 6.92 Å². The molecule has 0 atom stereocenters. The molecule has 2 aromatic rings. The van der Waals surface area contributed by atoms with Crippen molar-refractivity contribution in [3.05, 3.63) is 35.5 Å². The predicted octanol–water partition coefficient (Wildman–Crippen LogP) is 1.88. The van der Waals surface area contributed by atoms with E-state index in [-0.39, 0.29) is 6.03 Å². The molecule has 2 saturated heterocycles. The van der Waals surface area contributed by atoms with Crippen molar-refractivity contribution in [3.8, 4) is 0 Å². The van der Waals surface area contributed by atoms with E-state index in [0.717, 1.165) is 50.0 Å². The highest BCUT2D eigenvalue weighted by atomic mass is 32.1. The summed E-state index contributed by atoms with van der Waals surface area (Å²) in [6, 6.07) is 6.46. The zero-order valence-corrected chi connectivity index (χ0v) is 15.1. The molecule has 25 heavy (non-hydrogen) atoms. The number of urea groups is 1. The molecule has 132 valence electrons. The Hall–Kier alpha value is -2.19. The quantitative estimate of drug-likeness (QED) is 0.908. The van der Waals surface area contributed by atoms with Crippen LogP contribution in [0.1, 0.15) is 4.88 Å². The number of aryl methyl sites for hydroxylation is 1. The number of amides is 2. The van der Waals surface area contributed by atoms with Crippen LogP contribution in [0.5, 0.6) is 0 Å². The fourth-order valence-electron chi connectivity index (χ4n) is 3.29. The Morgan fingerprint density at radius 1 is 1.20 bits per heavy atom. The van der Waals surface area contributed by atoms with Crippen LogP contribution < -0.4 is 10.2 Å². The van der Waals surface area contributed by atoms with Gasteiger partial charge in [-0.05, 0) is 19.1 Å². The predicted molar refractivity (Wildman–Crippen MR) is 99.3 cm³/mol. The van der Waals surface area contributed by atoms with E-state index < -0.39 is 0 Å². The van der Waals surface area contributed by atoms with E-state index in [9.17, 15) is 4.79 Å². The maximum absolute atomic E-state index is 12.2. The summed E-state index contributed by atoms with van der Waals surface area (Å²) in [5.41, 5.74) is 0. The molecule has 2 aromatic heterocycles. The summed E-state index contributed by atoms with van der Waals surface area (Å²) in [7, 11) is 0. The first-order valence-electron chi connectivity index (χ1n) is 8.57. The highest BCUT2D eigenvalue weighted by molar-refractivity contribution is 7.15. The molecular weight excluding hydrogens is 336 g/mol. The standard InChI is InChI=1S/C17H22N6OS/c1-13-10-19-16(25-13)20-17(24)23-11-14(12-23)21-6-8-22(9-7-21)15-4-2-3-5-18-15/h2-5,10,14H,6-9,11-12H2,1H3,(H,19,20,24). The van der Waals surface area contributed by atoms with Gasteiger partial charge in [0.25, 0.3) is 0 Å². The molecule has 0 bridgehead atoms. The third-order valence-electron chi connectivity index (χ3n) is 4.79. The number of hydrogen-bond acceptors (Lipinski definition) is 6. The third kappa shape index (κ3) is 3.59. The van der Waals surface area contributed by atoms with Crippen LogP contribution >= 0.6 is 11.3 Å². The highest BCUT2D eigenvalue weighted by Gasteiger charge is 2.36. The van der Waals surface area contributed by atoms with Crippen molar-refractivity contribution in [2.45, 2.75) is 13.0 Å². The second-order valence-corrected chi connectivity index (χ2v) is 7.71. The minimum Gasteiger partial charge on any atom is -0.354 e. The van der Waals surface area contributed by atoms with Gasteiger partial charge in [0.2, 0.25) is 0 Å². The molecule has 8 heteroatoms. The van der Waals surface area contributed by atoms with Gasteiger partial charge in [-0.2, -0.15) is 0 Å². The van der Waals surface area contributed by atoms with Crippen LogP contribution in [0.4, 0.5) is 15.7 Å². The monoisotopic (exact) mass is 358 g/mol. The molecule has 0 aliphatic carbocycles. The fraction of sp³-hybridized carbons (Fsp3) is 0.471. The molecule has 2 fully saturated rings. The van der Waals surface area contributed by atoms with Gasteiger partial charge in [-0.3, -0.25) is 10.2 Å². The van der Waals surface area contributed by atoms with Crippen LogP contribution in [0.3, 0.4) is 0 Å². The van der Waals surface area contributed by atoms with E-state index in [1.54, 1.807) is 6.20 Å². The van der Waals surface area contributed by atoms with Gasteiger partial charge in [0, 0.05) is 62.6 Å². The zero-order valence-electron chi connectivity index (χ0n) is 14.3. The number of carbonyl (C=O) groups excluding carboxylic acids is 1. The lowest BCUT2D eigenvalue weighted by atomic mass is 10.1. The fourth-order valence-corrected chi connectivity index (χ4v) is 3.95. The number of likely N-dealkylation sites (tertiary alicyclic amines) is 1. The Morgan fingerprint density at radius 2 is 2.00 bits per heavy atom. The molecule has 0 saturated carbocycles. The van der Waals surface area contributed by atoms with E-state index in [1.165, 1.54) is 11.3 Å². The van der Waals surface area contributed by atoms with Crippen molar-refractivity contribution in [2.75, 3.05) is 49.5 Å². The van der Waals surface area contributed by atoms with Gasteiger partial charge in [0.15, 0.2) is 5.13 Å². The van der Waals surface area contributed by atoms with Gasteiger partial charge in [-0.25, -0.2) is 14.8 Å². The van der Waals surface area contributed by atoms with E-state index in [2.05, 4.69) is 31.2 Å². The summed E-state index contributed by atoms with van der Waals surface area (Å²) >= 11 is 1.50. The van der Waals surface area contributed by atoms with E-state index >= 15 is 0 Å². The van der Waals surface area contributed by atoms with Gasteiger partial charge in [0.05, 0.1) is 0 Å². The summed E-state index contributed by atoms with van der Waals surface area (Å²) in [5.74, 6) is 1.05. The lowest BCUT2D eigenvalue weighted by Crippen LogP contribution is -2.64. The average molecular weight is 358 g/mol. The van der Waals surface area contributed by atoms with E-state index in [1.807, 2.05) is 30.2 Å². The number of nitrogens with one attached hydrogen (secondary N) is 1. The van der Waals surface area contributed by atoms with Crippen LogP contribution in [0.15, 0.2) is 30.6 Å². The number of anilines is 2. The number of thiazole rings is 1. The number of hydrogen-bond donors (Lipinski definition) is 1. The second kappa shape index (κ2) is 6.97. The first-order chi connectivity index (χ1) is 12.2. The third-order valence-corrected chi connectivity index (χ3v) is 5.62. The lowest BCUT2D eigenvalue weighted by molar-refractivity contribution is 0.0578. The number of aromatic nitrogens is 2. The van der Waals surface area contributed by atoms with Crippen LogP contribution in [0.2, 0.25) is 0 Å². The first kappa shape index (κ1) is 16.3. The van der Waals surface area contributed by atoms with Crippen molar-refractivity contribution >= 4 is 28.3 Å². The van der Waals surface area contributed by atoms with Crippen molar-refractivity contribution in [2.24, 2.45) is 0 Å². The van der Waals surface area contributed by atoms with Crippen molar-refractivity contribution in [1.82, 2.24) is 19.8 Å². The Morgan fingerprint density at radius 3 is 2.64 bits per heavy atom. The zero-order chi connectivity index (χ0) is 17.2. The summed E-state index contributed by atoms with van der Waals surface area (Å²) < 4.78 is 0. The smallest absolute Gasteiger partial charge is 0.323 e. The molecule has 4 rings (SSSR count). The van der Waals surface area contributed by atoms with Gasteiger partial charge in [0.1, 0.15) is 5.82 Å². The number of rotatable bonds is 3. The van der Waals surface area contributed by atoms with Gasteiger partial charge >= 0.3 is 6.03 Å². The van der Waals surface area contributed by atoms with Crippen molar-refractivity contribution < 1.29 is 4.79 Å². The Bertz CT molecular complexity index is 722. The molecule has 0 radical (unpaired) electrons. The lowest BCUT2D eigenvalue weighted by Gasteiger charge is -2.48. The number of nitrogens with zero attached hydrogens (tertiary/aromatic N) is 5. The topological polar surface area (TPSA) is 64.6 Å². The molecule has 2 aliphatic rings. The van der Waals surface area contributed by atoms with E-state index in [0.29, 0.717) is 11.2 Å². The summed E-state index contributed by atoms with van der Waals surface area (Å²) in [6.45, 7) is 7.57. The van der Waals surface area contributed by atoms with Crippen LogP contribution in [0.25, 0.3) is 0 Å². The Balaban J connectivity index is 1.23. The number of pyridine rings is 1. The molecule has 4 heterocycles. The van der Waals surface area contributed by atoms with Gasteiger partial charge in [-0.1, -0.05) is 6.07 Å². The minimum absolute atomic E-state index is 0.0438. The highest BCUT2D eigenvalue weighted by Crippen LogP contribution is 2.22. The van der Waals surface area contributed by atoms with Gasteiger partial charge < -0.3 is 9.80 Å². The van der Waals surface area contributed by atoms with Crippen molar-refractivity contribution in [1.29, 1.82) is 0 Å². The number of piperazine rings is 1. The average Bonchev–Trinajstić information content (AvgIpc) is 3.00. The summed E-state index contributed by atoms with van der Waals surface area (Å²) in [6.07, 6.45) is 3.62. The molecule has 2 amide bonds. The number of carbonyl (C=O) groups is 1. The summed E-state index contributed by atoms with van der Waals surface area (Å²) in [4.78, 5) is 28.6. The SMILES string of the molecule is Cc1cnc(NC(=O)N2CC(N3CCN(c4ccccn4)CC3)C2)s1. The van der Waals surface area contributed by atoms with Crippen molar-refractivity contribution in [3.63, 3.8) is 0 Å². The molecule has 0 spiro atoms. The van der Waals surface area contributed by atoms with E-state index in [4.69, 9.17) is 0 Å². The Labute approximate surface area is 151 Å².